The predicted octanol–water partition coefficient (Wildman–Crippen LogP) is 6.93. The van der Waals surface area contributed by atoms with E-state index >= 15 is 0 Å². The Morgan fingerprint density at radius 1 is 0.800 bits per heavy atom. The second kappa shape index (κ2) is 8.25. The van der Waals surface area contributed by atoms with E-state index < -0.39 is 17.5 Å². The molecule has 0 radical (unpaired) electrons. The van der Waals surface area contributed by atoms with E-state index in [0.29, 0.717) is 11.5 Å². The molecule has 0 aliphatic heterocycles. The first-order valence-electron chi connectivity index (χ1n) is 9.52. The van der Waals surface area contributed by atoms with Gasteiger partial charge in [0.2, 0.25) is 0 Å². The summed E-state index contributed by atoms with van der Waals surface area (Å²) in [4.78, 5) is 0. The first-order chi connectivity index (χ1) is 12.1. The summed E-state index contributed by atoms with van der Waals surface area (Å²) in [5.74, 6) is -1.12. The minimum Gasteiger partial charge on any atom is -0.204 e. The summed E-state index contributed by atoms with van der Waals surface area (Å²) in [7, 11) is 0. The van der Waals surface area contributed by atoms with Crippen LogP contribution in [0.25, 0.3) is 0 Å². The van der Waals surface area contributed by atoms with E-state index in [0.717, 1.165) is 37.5 Å². The van der Waals surface area contributed by atoms with Crippen molar-refractivity contribution in [1.29, 1.82) is 0 Å². The molecule has 0 spiro atoms. The molecule has 2 saturated carbocycles. The zero-order valence-corrected chi connectivity index (χ0v) is 14.7. The van der Waals surface area contributed by atoms with Gasteiger partial charge in [-0.1, -0.05) is 24.8 Å². The molecule has 0 nitrogen and oxygen atoms in total. The van der Waals surface area contributed by atoms with Crippen LogP contribution in [0.4, 0.5) is 13.2 Å². The summed E-state index contributed by atoms with van der Waals surface area (Å²) in [5.41, 5.74) is 0.619. The highest BCUT2D eigenvalue weighted by molar-refractivity contribution is 5.23. The molecular weight excluding hydrogens is 321 g/mol. The number of hydrogen-bond acceptors (Lipinski definition) is 0. The third-order valence-corrected chi connectivity index (χ3v) is 6.25. The molecule has 136 valence electrons. The van der Waals surface area contributed by atoms with Gasteiger partial charge in [0.15, 0.2) is 17.5 Å². The normalized spacial score (nSPS) is 30.5. The highest BCUT2D eigenvalue weighted by atomic mass is 19.2. The van der Waals surface area contributed by atoms with Crippen LogP contribution in [0.15, 0.2) is 36.9 Å². The number of hydrogen-bond donors (Lipinski definition) is 0. The number of allylic oxidation sites excluding steroid dienone is 3. The lowest BCUT2D eigenvalue weighted by atomic mass is 9.68. The van der Waals surface area contributed by atoms with Crippen molar-refractivity contribution in [1.82, 2.24) is 0 Å². The molecule has 0 aromatic heterocycles. The van der Waals surface area contributed by atoms with E-state index in [1.165, 1.54) is 37.8 Å². The van der Waals surface area contributed by atoms with Crippen LogP contribution in [-0.2, 0) is 0 Å². The SMILES string of the molecule is C=CC=CC1CCC(C2CCC(c3cc(F)c(F)c(F)c3)CC2)CC1. The molecule has 0 amide bonds. The number of halogens is 3. The Hall–Kier alpha value is -1.51. The Bertz CT molecular complexity index is 595. The number of rotatable bonds is 4. The van der Waals surface area contributed by atoms with Crippen LogP contribution in [0.1, 0.15) is 62.8 Å². The fourth-order valence-corrected chi connectivity index (χ4v) is 4.78. The molecule has 0 unspecified atom stereocenters. The van der Waals surface area contributed by atoms with Crippen LogP contribution in [0.5, 0.6) is 0 Å². The average molecular weight is 348 g/mol. The zero-order chi connectivity index (χ0) is 17.8. The molecule has 0 N–H and O–H groups in total. The van der Waals surface area contributed by atoms with E-state index in [1.807, 2.05) is 6.08 Å². The highest BCUT2D eigenvalue weighted by Crippen LogP contribution is 2.44. The molecule has 0 bridgehead atoms. The van der Waals surface area contributed by atoms with Gasteiger partial charge >= 0.3 is 0 Å². The van der Waals surface area contributed by atoms with Gasteiger partial charge in [0.25, 0.3) is 0 Å². The molecule has 3 rings (SSSR count). The maximum atomic E-state index is 13.5. The summed E-state index contributed by atoms with van der Waals surface area (Å²) < 4.78 is 40.1. The Labute approximate surface area is 148 Å². The molecule has 2 aliphatic carbocycles. The standard InChI is InChI=1S/C22H27F3/c1-2-3-4-15-5-7-16(8-6-15)17-9-11-18(12-10-17)19-13-20(23)22(25)21(24)14-19/h2-4,13-18H,1,5-12H2. The molecule has 1 aromatic carbocycles. The van der Waals surface area contributed by atoms with Crippen molar-refractivity contribution in [2.24, 2.45) is 17.8 Å². The van der Waals surface area contributed by atoms with Crippen LogP contribution >= 0.6 is 0 Å². The molecular formula is C22H27F3. The second-order valence-electron chi connectivity index (χ2n) is 7.71. The van der Waals surface area contributed by atoms with Crippen LogP contribution < -0.4 is 0 Å². The van der Waals surface area contributed by atoms with Crippen LogP contribution in [0, 0.1) is 35.2 Å². The molecule has 25 heavy (non-hydrogen) atoms. The molecule has 2 fully saturated rings. The highest BCUT2D eigenvalue weighted by Gasteiger charge is 2.31. The fourth-order valence-electron chi connectivity index (χ4n) is 4.78. The van der Waals surface area contributed by atoms with Gasteiger partial charge in [0, 0.05) is 0 Å². The van der Waals surface area contributed by atoms with Gasteiger partial charge in [-0.25, -0.2) is 13.2 Å². The first kappa shape index (κ1) is 18.3. The fraction of sp³-hybridized carbons (Fsp3) is 0.545. The summed E-state index contributed by atoms with van der Waals surface area (Å²) in [6.45, 7) is 3.73. The van der Waals surface area contributed by atoms with Crippen LogP contribution in [0.2, 0.25) is 0 Å². The monoisotopic (exact) mass is 348 g/mol. The summed E-state index contributed by atoms with van der Waals surface area (Å²) in [5, 5.41) is 0. The summed E-state index contributed by atoms with van der Waals surface area (Å²) >= 11 is 0. The Balaban J connectivity index is 1.53. The van der Waals surface area contributed by atoms with Gasteiger partial charge in [-0.05, 0) is 92.7 Å². The first-order valence-corrected chi connectivity index (χ1v) is 9.52. The maximum absolute atomic E-state index is 13.5. The average Bonchev–Trinajstić information content (AvgIpc) is 2.64. The largest absolute Gasteiger partial charge is 0.204 e. The molecule has 1 aromatic rings. The minimum atomic E-state index is -1.36. The van der Waals surface area contributed by atoms with Crippen molar-refractivity contribution in [2.75, 3.05) is 0 Å². The van der Waals surface area contributed by atoms with Crippen molar-refractivity contribution in [2.45, 2.75) is 57.3 Å². The zero-order valence-electron chi connectivity index (χ0n) is 14.7. The summed E-state index contributed by atoms with van der Waals surface area (Å²) in [6, 6.07) is 2.36. The van der Waals surface area contributed by atoms with Gasteiger partial charge in [0.05, 0.1) is 0 Å². The number of benzene rings is 1. The minimum absolute atomic E-state index is 0.160. The molecule has 0 heterocycles. The Morgan fingerprint density at radius 3 is 1.84 bits per heavy atom. The molecule has 0 saturated heterocycles. The van der Waals surface area contributed by atoms with E-state index in [-0.39, 0.29) is 5.92 Å². The van der Waals surface area contributed by atoms with E-state index in [4.69, 9.17) is 0 Å². The molecule has 0 atom stereocenters. The van der Waals surface area contributed by atoms with Crippen molar-refractivity contribution in [3.05, 3.63) is 60.0 Å². The quantitative estimate of drug-likeness (QED) is 0.409. The third kappa shape index (κ3) is 4.37. The van der Waals surface area contributed by atoms with E-state index in [9.17, 15) is 13.2 Å². The predicted molar refractivity (Wildman–Crippen MR) is 95.8 cm³/mol. The van der Waals surface area contributed by atoms with Crippen LogP contribution in [-0.4, -0.2) is 0 Å². The van der Waals surface area contributed by atoms with Gasteiger partial charge in [-0.3, -0.25) is 0 Å². The topological polar surface area (TPSA) is 0 Å². The van der Waals surface area contributed by atoms with Crippen molar-refractivity contribution in [3.63, 3.8) is 0 Å². The van der Waals surface area contributed by atoms with Gasteiger partial charge in [0.1, 0.15) is 0 Å². The van der Waals surface area contributed by atoms with Gasteiger partial charge in [-0.2, -0.15) is 0 Å². The lowest BCUT2D eigenvalue weighted by Gasteiger charge is -2.37. The van der Waals surface area contributed by atoms with Crippen molar-refractivity contribution in [3.8, 4) is 0 Å². The van der Waals surface area contributed by atoms with Gasteiger partial charge < -0.3 is 0 Å². The smallest absolute Gasteiger partial charge is 0.194 e. The lowest BCUT2D eigenvalue weighted by molar-refractivity contribution is 0.171. The maximum Gasteiger partial charge on any atom is 0.194 e. The van der Waals surface area contributed by atoms with Crippen molar-refractivity contribution >= 4 is 0 Å². The van der Waals surface area contributed by atoms with E-state index in [1.54, 1.807) is 0 Å². The second-order valence-corrected chi connectivity index (χ2v) is 7.71. The van der Waals surface area contributed by atoms with Crippen molar-refractivity contribution < 1.29 is 13.2 Å². The molecule has 3 heteroatoms. The van der Waals surface area contributed by atoms with Crippen LogP contribution in [0.3, 0.4) is 0 Å². The third-order valence-electron chi connectivity index (χ3n) is 6.25. The van der Waals surface area contributed by atoms with Gasteiger partial charge in [-0.15, -0.1) is 0 Å². The lowest BCUT2D eigenvalue weighted by Crippen LogP contribution is -2.25. The van der Waals surface area contributed by atoms with E-state index in [2.05, 4.69) is 18.7 Å². The molecule has 2 aliphatic rings. The Kier molecular flexibility index (Phi) is 6.03. The summed E-state index contributed by atoms with van der Waals surface area (Å²) in [6.07, 6.45) is 15.4. The Morgan fingerprint density at radius 2 is 1.32 bits per heavy atom.